The van der Waals surface area contributed by atoms with Crippen molar-refractivity contribution in [2.45, 2.75) is 24.4 Å². The molecular weight excluding hydrogens is 429 g/mol. The van der Waals surface area contributed by atoms with Gasteiger partial charge in [0.1, 0.15) is 17.3 Å². The van der Waals surface area contributed by atoms with Gasteiger partial charge in [-0.3, -0.25) is 4.79 Å². The quantitative estimate of drug-likeness (QED) is 0.732. The Balaban J connectivity index is 1.49. The molecule has 1 heterocycles. The Morgan fingerprint density at radius 3 is 2.52 bits per heavy atom. The Hall–Kier alpha value is -2.39. The van der Waals surface area contributed by atoms with E-state index in [1.165, 1.54) is 23.1 Å². The van der Waals surface area contributed by atoms with E-state index in [1.54, 1.807) is 24.3 Å². The Morgan fingerprint density at radius 1 is 1.16 bits per heavy atom. The van der Waals surface area contributed by atoms with Gasteiger partial charge in [-0.25, -0.2) is 26.3 Å². The van der Waals surface area contributed by atoms with Crippen molar-refractivity contribution in [3.63, 3.8) is 0 Å². The number of hydrogen-bond donors (Lipinski definition) is 1. The van der Waals surface area contributed by atoms with Gasteiger partial charge in [0, 0.05) is 25.4 Å². The SMILES string of the molecule is CS(=O)(=O)NCC1(F)CCN(C(=O)C2CC2c2ccccc2-c2c(F)cccc2F)C1. The predicted molar refractivity (Wildman–Crippen MR) is 111 cm³/mol. The van der Waals surface area contributed by atoms with E-state index in [-0.39, 0.29) is 49.4 Å². The van der Waals surface area contributed by atoms with Gasteiger partial charge in [-0.15, -0.1) is 0 Å². The van der Waals surface area contributed by atoms with Gasteiger partial charge in [0.15, 0.2) is 0 Å². The van der Waals surface area contributed by atoms with E-state index in [4.69, 9.17) is 0 Å². The first-order valence-corrected chi connectivity index (χ1v) is 11.9. The third-order valence-electron chi connectivity index (χ3n) is 5.97. The number of alkyl halides is 1. The molecule has 4 rings (SSSR count). The normalized spacial score (nSPS) is 25.6. The van der Waals surface area contributed by atoms with Gasteiger partial charge in [-0.05, 0) is 35.6 Å². The summed E-state index contributed by atoms with van der Waals surface area (Å²) in [6, 6.07) is 10.5. The molecule has 1 saturated carbocycles. The van der Waals surface area contributed by atoms with Crippen LogP contribution in [0.3, 0.4) is 0 Å². The number of carbonyl (C=O) groups is 1. The van der Waals surface area contributed by atoms with Crippen molar-refractivity contribution in [3.05, 3.63) is 59.7 Å². The molecular formula is C22H23F3N2O3S. The molecule has 1 N–H and O–H groups in total. The molecule has 1 saturated heterocycles. The van der Waals surface area contributed by atoms with E-state index < -0.39 is 27.3 Å². The molecule has 166 valence electrons. The summed E-state index contributed by atoms with van der Waals surface area (Å²) in [6.07, 6.45) is 1.53. The molecule has 31 heavy (non-hydrogen) atoms. The van der Waals surface area contributed by atoms with Crippen LogP contribution < -0.4 is 4.72 Å². The van der Waals surface area contributed by atoms with Crippen LogP contribution in [0, 0.1) is 17.6 Å². The van der Waals surface area contributed by atoms with E-state index >= 15 is 0 Å². The van der Waals surface area contributed by atoms with Crippen molar-refractivity contribution in [1.82, 2.24) is 9.62 Å². The number of nitrogens with zero attached hydrogens (tertiary/aromatic N) is 1. The van der Waals surface area contributed by atoms with E-state index in [2.05, 4.69) is 4.72 Å². The molecule has 0 spiro atoms. The predicted octanol–water partition coefficient (Wildman–Crippen LogP) is 3.23. The summed E-state index contributed by atoms with van der Waals surface area (Å²) in [7, 11) is -3.53. The molecule has 2 fully saturated rings. The number of sulfonamides is 1. The largest absolute Gasteiger partial charge is 0.339 e. The molecule has 0 aromatic heterocycles. The third kappa shape index (κ3) is 4.62. The number of hydrogen-bond acceptors (Lipinski definition) is 3. The number of benzene rings is 2. The maximum atomic E-state index is 14.9. The average Bonchev–Trinajstić information content (AvgIpc) is 3.40. The summed E-state index contributed by atoms with van der Waals surface area (Å²) in [5.41, 5.74) is -0.824. The van der Waals surface area contributed by atoms with Gasteiger partial charge >= 0.3 is 0 Å². The molecule has 1 aliphatic heterocycles. The monoisotopic (exact) mass is 452 g/mol. The summed E-state index contributed by atoms with van der Waals surface area (Å²) in [4.78, 5) is 14.4. The summed E-state index contributed by atoms with van der Waals surface area (Å²) >= 11 is 0. The van der Waals surface area contributed by atoms with Crippen LogP contribution >= 0.6 is 0 Å². The van der Waals surface area contributed by atoms with Crippen LogP contribution in [-0.4, -0.2) is 50.8 Å². The Bertz CT molecular complexity index is 1100. The van der Waals surface area contributed by atoms with E-state index in [0.29, 0.717) is 17.5 Å². The lowest BCUT2D eigenvalue weighted by Gasteiger charge is -2.21. The van der Waals surface area contributed by atoms with Gasteiger partial charge in [0.05, 0.1) is 18.4 Å². The number of halogens is 3. The zero-order chi connectivity index (χ0) is 22.4. The van der Waals surface area contributed by atoms with Crippen molar-refractivity contribution in [3.8, 4) is 11.1 Å². The number of rotatable bonds is 6. The number of nitrogens with one attached hydrogen (secondary N) is 1. The molecule has 2 aromatic rings. The van der Waals surface area contributed by atoms with Gasteiger partial charge in [0.25, 0.3) is 0 Å². The molecule has 5 nitrogen and oxygen atoms in total. The maximum Gasteiger partial charge on any atom is 0.226 e. The maximum absolute atomic E-state index is 14.9. The molecule has 2 aliphatic rings. The molecule has 1 amide bonds. The van der Waals surface area contributed by atoms with E-state index in [1.807, 2.05) is 0 Å². The first-order valence-electron chi connectivity index (χ1n) is 10.0. The van der Waals surface area contributed by atoms with Crippen molar-refractivity contribution >= 4 is 15.9 Å². The highest BCUT2D eigenvalue weighted by atomic mass is 32.2. The molecule has 0 radical (unpaired) electrons. The lowest BCUT2D eigenvalue weighted by Crippen LogP contribution is -2.42. The molecule has 2 aromatic carbocycles. The Morgan fingerprint density at radius 2 is 1.84 bits per heavy atom. The second kappa shape index (κ2) is 7.94. The molecule has 9 heteroatoms. The molecule has 3 unspecified atom stereocenters. The fourth-order valence-corrected chi connectivity index (χ4v) is 4.80. The number of amides is 1. The smallest absolute Gasteiger partial charge is 0.226 e. The first-order chi connectivity index (χ1) is 14.6. The zero-order valence-electron chi connectivity index (χ0n) is 16.9. The van der Waals surface area contributed by atoms with Gasteiger partial charge < -0.3 is 4.90 Å². The minimum atomic E-state index is -3.53. The van der Waals surface area contributed by atoms with Gasteiger partial charge in [-0.2, -0.15) is 0 Å². The molecule has 3 atom stereocenters. The highest BCUT2D eigenvalue weighted by Gasteiger charge is 2.50. The minimum Gasteiger partial charge on any atom is -0.339 e. The molecule has 1 aliphatic carbocycles. The topological polar surface area (TPSA) is 66.5 Å². The van der Waals surface area contributed by atoms with E-state index in [9.17, 15) is 26.4 Å². The lowest BCUT2D eigenvalue weighted by atomic mass is 9.95. The third-order valence-corrected chi connectivity index (χ3v) is 6.64. The van der Waals surface area contributed by atoms with Gasteiger partial charge in [0.2, 0.25) is 15.9 Å². The lowest BCUT2D eigenvalue weighted by molar-refractivity contribution is -0.132. The standard InChI is InChI=1S/C22H23F3N2O3S/c1-31(29,30)26-12-22(25)9-10-27(13-22)21(28)17-11-16(17)14-5-2-3-6-15(14)20-18(23)7-4-8-19(20)24/h2-8,16-17,26H,9-13H2,1H3. The van der Waals surface area contributed by atoms with Crippen molar-refractivity contribution in [2.75, 3.05) is 25.9 Å². The van der Waals surface area contributed by atoms with Crippen LogP contribution in [0.5, 0.6) is 0 Å². The fraction of sp³-hybridized carbons (Fsp3) is 0.409. The van der Waals surface area contributed by atoms with Crippen LogP contribution in [0.4, 0.5) is 13.2 Å². The van der Waals surface area contributed by atoms with Crippen LogP contribution in [0.2, 0.25) is 0 Å². The van der Waals surface area contributed by atoms with Crippen LogP contribution in [0.1, 0.15) is 24.3 Å². The number of carbonyl (C=O) groups excluding carboxylic acids is 1. The summed E-state index contributed by atoms with van der Waals surface area (Å²) in [6.45, 7) is -0.353. The highest BCUT2D eigenvalue weighted by molar-refractivity contribution is 7.88. The number of likely N-dealkylation sites (tertiary alicyclic amines) is 1. The van der Waals surface area contributed by atoms with Crippen LogP contribution in [0.25, 0.3) is 11.1 Å². The summed E-state index contributed by atoms with van der Waals surface area (Å²) in [5.74, 6) is -2.15. The summed E-state index contributed by atoms with van der Waals surface area (Å²) < 4.78 is 68.3. The second-order valence-electron chi connectivity index (χ2n) is 8.39. The second-order valence-corrected chi connectivity index (χ2v) is 10.2. The van der Waals surface area contributed by atoms with Crippen LogP contribution in [0.15, 0.2) is 42.5 Å². The Kier molecular flexibility index (Phi) is 5.59. The fourth-order valence-electron chi connectivity index (χ4n) is 4.28. The Labute approximate surface area is 179 Å². The van der Waals surface area contributed by atoms with Crippen molar-refractivity contribution in [2.24, 2.45) is 5.92 Å². The zero-order valence-corrected chi connectivity index (χ0v) is 17.8. The van der Waals surface area contributed by atoms with Gasteiger partial charge in [-0.1, -0.05) is 30.3 Å². The highest BCUT2D eigenvalue weighted by Crippen LogP contribution is 2.52. The van der Waals surface area contributed by atoms with Crippen LogP contribution in [-0.2, 0) is 14.8 Å². The molecule has 0 bridgehead atoms. The van der Waals surface area contributed by atoms with Crippen molar-refractivity contribution < 1.29 is 26.4 Å². The average molecular weight is 452 g/mol. The first kappa shape index (κ1) is 21.8. The summed E-state index contributed by atoms with van der Waals surface area (Å²) in [5, 5.41) is 0. The minimum absolute atomic E-state index is 0.0513. The van der Waals surface area contributed by atoms with E-state index in [0.717, 1.165) is 6.26 Å². The van der Waals surface area contributed by atoms with Crippen molar-refractivity contribution in [1.29, 1.82) is 0 Å².